The van der Waals surface area contributed by atoms with Crippen LogP contribution in [-0.2, 0) is 4.79 Å². The highest BCUT2D eigenvalue weighted by atomic mass is 16.5. The maximum absolute atomic E-state index is 12.6. The third-order valence-electron chi connectivity index (χ3n) is 4.70. The maximum Gasteiger partial charge on any atom is 0.247 e. The third-order valence-corrected chi connectivity index (χ3v) is 4.70. The maximum atomic E-state index is 12.6. The molecule has 0 aliphatic carbocycles. The molecule has 1 atom stereocenters. The van der Waals surface area contributed by atoms with Crippen LogP contribution in [0.2, 0.25) is 0 Å². The normalized spacial score (nSPS) is 11.9. The Bertz CT molecular complexity index is 990. The lowest BCUT2D eigenvalue weighted by molar-refractivity contribution is -0.117. The number of benzene rings is 2. The van der Waals surface area contributed by atoms with Crippen molar-refractivity contribution < 1.29 is 18.7 Å². The van der Waals surface area contributed by atoms with Gasteiger partial charge < -0.3 is 19.2 Å². The van der Waals surface area contributed by atoms with Gasteiger partial charge in [-0.25, -0.2) is 0 Å². The second-order valence-electron chi connectivity index (χ2n) is 6.98. The van der Waals surface area contributed by atoms with Crippen molar-refractivity contribution in [3.05, 3.63) is 54.4 Å². The number of ether oxygens (including phenoxy) is 2. The fourth-order valence-corrected chi connectivity index (χ4v) is 2.98. The Morgan fingerprint density at radius 1 is 1.06 bits per heavy atom. The van der Waals surface area contributed by atoms with Gasteiger partial charge in [0, 0.05) is 17.3 Å². The Kier molecular flexibility index (Phi) is 7.61. The van der Waals surface area contributed by atoms with Gasteiger partial charge in [0.25, 0.3) is 0 Å². The Labute approximate surface area is 182 Å². The van der Waals surface area contributed by atoms with Gasteiger partial charge in [-0.15, -0.1) is 10.2 Å². The third kappa shape index (κ3) is 5.82. The Hall–Kier alpha value is -3.39. The van der Waals surface area contributed by atoms with E-state index in [0.717, 1.165) is 5.56 Å². The van der Waals surface area contributed by atoms with Crippen molar-refractivity contribution in [1.29, 1.82) is 0 Å². The largest absolute Gasteiger partial charge is 0.490 e. The zero-order valence-corrected chi connectivity index (χ0v) is 18.3. The summed E-state index contributed by atoms with van der Waals surface area (Å²) < 4.78 is 17.0. The van der Waals surface area contributed by atoms with Crippen LogP contribution in [-0.4, -0.2) is 47.8 Å². The van der Waals surface area contributed by atoms with Crippen LogP contribution in [0.15, 0.2) is 52.9 Å². The summed E-state index contributed by atoms with van der Waals surface area (Å²) in [7, 11) is 1.83. The number of amides is 1. The lowest BCUT2D eigenvalue weighted by Crippen LogP contribution is -2.32. The smallest absolute Gasteiger partial charge is 0.247 e. The number of likely N-dealkylation sites (N-methyl/N-ethyl adjacent to an activating group) is 1. The molecular formula is C23H28N4O4. The molecule has 0 aliphatic rings. The van der Waals surface area contributed by atoms with Gasteiger partial charge in [0.1, 0.15) is 0 Å². The summed E-state index contributed by atoms with van der Waals surface area (Å²) in [6.07, 6.45) is 0. The molecule has 0 spiro atoms. The van der Waals surface area contributed by atoms with Crippen LogP contribution in [0, 0.1) is 0 Å². The average Bonchev–Trinajstić information content (AvgIpc) is 3.26. The predicted molar refractivity (Wildman–Crippen MR) is 118 cm³/mol. The molecule has 3 rings (SSSR count). The van der Waals surface area contributed by atoms with Gasteiger partial charge in [-0.05, 0) is 52.1 Å². The van der Waals surface area contributed by atoms with Crippen LogP contribution in [0.3, 0.4) is 0 Å². The number of hydrogen-bond donors (Lipinski definition) is 1. The summed E-state index contributed by atoms with van der Waals surface area (Å²) in [5.41, 5.74) is 1.50. The number of nitrogens with zero attached hydrogens (tertiary/aromatic N) is 3. The van der Waals surface area contributed by atoms with E-state index in [1.165, 1.54) is 0 Å². The minimum atomic E-state index is -0.227. The molecule has 1 amide bonds. The standard InChI is InChI=1S/C23H28N4O4/c1-5-29-19-13-12-18(14-20(19)30-6-2)24-21(28)15-27(4)16(3)22-25-26-23(31-22)17-10-8-7-9-11-17/h7-14,16H,5-6,15H2,1-4H3,(H,24,28). The van der Waals surface area contributed by atoms with Gasteiger partial charge in [0.2, 0.25) is 17.7 Å². The molecule has 8 nitrogen and oxygen atoms in total. The molecule has 0 saturated heterocycles. The molecule has 0 radical (unpaired) electrons. The lowest BCUT2D eigenvalue weighted by atomic mass is 10.2. The van der Waals surface area contributed by atoms with Gasteiger partial charge in [0.05, 0.1) is 25.8 Å². The zero-order chi connectivity index (χ0) is 22.2. The SMILES string of the molecule is CCOc1ccc(NC(=O)CN(C)C(C)c2nnc(-c3ccccc3)o2)cc1OCC. The first-order valence-electron chi connectivity index (χ1n) is 10.3. The molecule has 0 aliphatic heterocycles. The second kappa shape index (κ2) is 10.6. The molecule has 0 bridgehead atoms. The molecule has 8 heteroatoms. The van der Waals surface area contributed by atoms with E-state index in [1.54, 1.807) is 18.2 Å². The van der Waals surface area contributed by atoms with Crippen molar-refractivity contribution in [1.82, 2.24) is 15.1 Å². The van der Waals surface area contributed by atoms with Crippen LogP contribution < -0.4 is 14.8 Å². The number of aromatic nitrogens is 2. The first kappa shape index (κ1) is 22.3. The van der Waals surface area contributed by atoms with Crippen LogP contribution in [0.25, 0.3) is 11.5 Å². The first-order chi connectivity index (χ1) is 15.0. The van der Waals surface area contributed by atoms with Gasteiger partial charge in [-0.3, -0.25) is 9.69 Å². The molecule has 0 fully saturated rings. The molecule has 1 heterocycles. The van der Waals surface area contributed by atoms with Crippen molar-refractivity contribution in [2.75, 3.05) is 32.1 Å². The number of hydrogen-bond acceptors (Lipinski definition) is 7. The van der Waals surface area contributed by atoms with E-state index < -0.39 is 0 Å². The fourth-order valence-electron chi connectivity index (χ4n) is 2.98. The Morgan fingerprint density at radius 3 is 2.48 bits per heavy atom. The van der Waals surface area contributed by atoms with Crippen LogP contribution >= 0.6 is 0 Å². The molecule has 2 aromatic carbocycles. The van der Waals surface area contributed by atoms with E-state index in [1.807, 2.05) is 63.1 Å². The van der Waals surface area contributed by atoms with Crippen molar-refractivity contribution in [2.45, 2.75) is 26.8 Å². The summed E-state index contributed by atoms with van der Waals surface area (Å²) in [6, 6.07) is 14.7. The number of nitrogens with one attached hydrogen (secondary N) is 1. The molecule has 1 unspecified atom stereocenters. The molecule has 1 N–H and O–H groups in total. The fraction of sp³-hybridized carbons (Fsp3) is 0.348. The zero-order valence-electron chi connectivity index (χ0n) is 18.3. The minimum Gasteiger partial charge on any atom is -0.490 e. The average molecular weight is 425 g/mol. The topological polar surface area (TPSA) is 89.7 Å². The quantitative estimate of drug-likeness (QED) is 0.522. The molecular weight excluding hydrogens is 396 g/mol. The van der Waals surface area contributed by atoms with Crippen molar-refractivity contribution >= 4 is 11.6 Å². The summed E-state index contributed by atoms with van der Waals surface area (Å²) in [6.45, 7) is 6.93. The van der Waals surface area contributed by atoms with E-state index in [2.05, 4.69) is 15.5 Å². The number of carbonyl (C=O) groups excluding carboxylic acids is 1. The van der Waals surface area contributed by atoms with Crippen molar-refractivity contribution in [3.8, 4) is 23.0 Å². The van der Waals surface area contributed by atoms with Gasteiger partial charge in [0.15, 0.2) is 11.5 Å². The second-order valence-corrected chi connectivity index (χ2v) is 6.98. The van der Waals surface area contributed by atoms with Crippen molar-refractivity contribution in [3.63, 3.8) is 0 Å². The van der Waals surface area contributed by atoms with E-state index in [0.29, 0.717) is 42.2 Å². The predicted octanol–water partition coefficient (Wildman–Crippen LogP) is 4.17. The van der Waals surface area contributed by atoms with Crippen molar-refractivity contribution in [2.24, 2.45) is 0 Å². The summed E-state index contributed by atoms with van der Waals surface area (Å²) in [5.74, 6) is 2.00. The molecule has 3 aromatic rings. The molecule has 0 saturated carbocycles. The molecule has 164 valence electrons. The van der Waals surface area contributed by atoms with Gasteiger partial charge >= 0.3 is 0 Å². The Morgan fingerprint density at radius 2 is 1.77 bits per heavy atom. The molecule has 31 heavy (non-hydrogen) atoms. The number of rotatable bonds is 10. The van der Waals surface area contributed by atoms with Gasteiger partial charge in [-0.2, -0.15) is 0 Å². The number of carbonyl (C=O) groups is 1. The van der Waals surface area contributed by atoms with Crippen LogP contribution in [0.4, 0.5) is 5.69 Å². The van der Waals surface area contributed by atoms with E-state index in [-0.39, 0.29) is 18.5 Å². The summed E-state index contributed by atoms with van der Waals surface area (Å²) in [5, 5.41) is 11.2. The van der Waals surface area contributed by atoms with Gasteiger partial charge in [-0.1, -0.05) is 18.2 Å². The first-order valence-corrected chi connectivity index (χ1v) is 10.3. The number of anilines is 1. The van der Waals surface area contributed by atoms with E-state index in [9.17, 15) is 4.79 Å². The lowest BCUT2D eigenvalue weighted by Gasteiger charge is -2.21. The highest BCUT2D eigenvalue weighted by Crippen LogP contribution is 2.30. The Balaban J connectivity index is 1.61. The van der Waals surface area contributed by atoms with Crippen LogP contribution in [0.1, 0.15) is 32.7 Å². The van der Waals surface area contributed by atoms with E-state index >= 15 is 0 Å². The highest BCUT2D eigenvalue weighted by Gasteiger charge is 2.21. The summed E-state index contributed by atoms with van der Waals surface area (Å²) >= 11 is 0. The summed E-state index contributed by atoms with van der Waals surface area (Å²) in [4.78, 5) is 14.4. The molecule has 1 aromatic heterocycles. The monoisotopic (exact) mass is 424 g/mol. The van der Waals surface area contributed by atoms with Crippen LogP contribution in [0.5, 0.6) is 11.5 Å². The minimum absolute atomic E-state index is 0.154. The van der Waals surface area contributed by atoms with E-state index in [4.69, 9.17) is 13.9 Å². The highest BCUT2D eigenvalue weighted by molar-refractivity contribution is 5.92.